The lowest BCUT2D eigenvalue weighted by Gasteiger charge is -2.10. The molecule has 138 valence electrons. The van der Waals surface area contributed by atoms with Crippen molar-refractivity contribution < 1.29 is 9.47 Å². The Morgan fingerprint density at radius 3 is 2.50 bits per heavy atom. The second-order valence-electron chi connectivity index (χ2n) is 5.94. The van der Waals surface area contributed by atoms with E-state index < -0.39 is 0 Å². The normalized spacial score (nSPS) is 10.8. The molecule has 6 heteroatoms. The van der Waals surface area contributed by atoms with Crippen LogP contribution < -0.4 is 20.2 Å². The monoisotopic (exact) mass is 371 g/mol. The lowest BCUT2D eigenvalue weighted by atomic mass is 10.0. The zero-order valence-electron chi connectivity index (χ0n) is 15.6. The van der Waals surface area contributed by atoms with Crippen LogP contribution in [0.3, 0.4) is 0 Å². The SMILES string of the molecule is CCOc1ccc(/C=N\NC(=S)Nc2ccc(C(C)C)cc2)cc1OC. The van der Waals surface area contributed by atoms with Gasteiger partial charge in [-0.05, 0) is 66.5 Å². The Morgan fingerprint density at radius 2 is 1.88 bits per heavy atom. The predicted octanol–water partition coefficient (Wildman–Crippen LogP) is 4.54. The fourth-order valence-corrected chi connectivity index (χ4v) is 2.49. The highest BCUT2D eigenvalue weighted by atomic mass is 32.1. The molecule has 0 amide bonds. The fraction of sp³-hybridized carbons (Fsp3) is 0.300. The summed E-state index contributed by atoms with van der Waals surface area (Å²) in [4.78, 5) is 0. The Morgan fingerprint density at radius 1 is 1.15 bits per heavy atom. The van der Waals surface area contributed by atoms with Gasteiger partial charge in [-0.15, -0.1) is 0 Å². The summed E-state index contributed by atoms with van der Waals surface area (Å²) in [6.07, 6.45) is 1.67. The summed E-state index contributed by atoms with van der Waals surface area (Å²) in [7, 11) is 1.61. The molecule has 0 radical (unpaired) electrons. The Kier molecular flexibility index (Phi) is 7.41. The molecule has 0 aromatic heterocycles. The van der Waals surface area contributed by atoms with E-state index in [0.717, 1.165) is 11.3 Å². The van der Waals surface area contributed by atoms with Crippen LogP contribution in [0.4, 0.5) is 5.69 Å². The van der Waals surface area contributed by atoms with Crippen molar-refractivity contribution in [3.05, 3.63) is 53.6 Å². The van der Waals surface area contributed by atoms with Gasteiger partial charge in [-0.3, -0.25) is 5.43 Å². The van der Waals surface area contributed by atoms with Gasteiger partial charge in [0.1, 0.15) is 0 Å². The molecule has 2 aromatic carbocycles. The molecule has 0 saturated carbocycles. The maximum Gasteiger partial charge on any atom is 0.191 e. The van der Waals surface area contributed by atoms with Crippen molar-refractivity contribution in [1.82, 2.24) is 5.43 Å². The lowest BCUT2D eigenvalue weighted by molar-refractivity contribution is 0.311. The summed E-state index contributed by atoms with van der Waals surface area (Å²) in [5.74, 6) is 1.88. The van der Waals surface area contributed by atoms with Gasteiger partial charge in [0.05, 0.1) is 19.9 Å². The molecular weight excluding hydrogens is 346 g/mol. The molecule has 0 spiro atoms. The van der Waals surface area contributed by atoms with E-state index >= 15 is 0 Å². The van der Waals surface area contributed by atoms with E-state index in [1.807, 2.05) is 37.3 Å². The van der Waals surface area contributed by atoms with Crippen LogP contribution in [-0.2, 0) is 0 Å². The van der Waals surface area contributed by atoms with Gasteiger partial charge in [0.25, 0.3) is 0 Å². The number of anilines is 1. The van der Waals surface area contributed by atoms with Crippen LogP contribution in [0.1, 0.15) is 37.8 Å². The molecule has 0 fully saturated rings. The van der Waals surface area contributed by atoms with E-state index in [-0.39, 0.29) is 0 Å². The topological polar surface area (TPSA) is 54.9 Å². The third-order valence-corrected chi connectivity index (χ3v) is 3.90. The standard InChI is InChI=1S/C20H25N3O2S/c1-5-25-18-11-6-15(12-19(18)24-4)13-21-23-20(26)22-17-9-7-16(8-10-17)14(2)3/h6-14H,5H2,1-4H3,(H2,22,23,26)/b21-13-. The van der Waals surface area contributed by atoms with Gasteiger partial charge in [-0.2, -0.15) is 5.10 Å². The maximum atomic E-state index is 5.50. The van der Waals surface area contributed by atoms with Crippen LogP contribution >= 0.6 is 12.2 Å². The van der Waals surface area contributed by atoms with Gasteiger partial charge in [0.2, 0.25) is 0 Å². The molecule has 2 rings (SSSR count). The van der Waals surface area contributed by atoms with Crippen LogP contribution in [0.25, 0.3) is 0 Å². The zero-order valence-corrected chi connectivity index (χ0v) is 16.4. The maximum absolute atomic E-state index is 5.50. The average Bonchev–Trinajstić information content (AvgIpc) is 2.63. The molecule has 0 unspecified atom stereocenters. The number of nitrogens with zero attached hydrogens (tertiary/aromatic N) is 1. The Labute approximate surface area is 160 Å². The molecule has 5 nitrogen and oxygen atoms in total. The molecule has 0 aliphatic rings. The van der Waals surface area contributed by atoms with Gasteiger partial charge in [-0.25, -0.2) is 0 Å². The van der Waals surface area contributed by atoms with E-state index in [2.05, 4.69) is 41.8 Å². The van der Waals surface area contributed by atoms with E-state index in [1.165, 1.54) is 5.56 Å². The van der Waals surface area contributed by atoms with E-state index in [4.69, 9.17) is 21.7 Å². The molecule has 0 bridgehead atoms. The highest BCUT2D eigenvalue weighted by molar-refractivity contribution is 7.80. The number of nitrogens with one attached hydrogen (secondary N) is 2. The molecule has 0 saturated heterocycles. The minimum absolute atomic E-state index is 0.427. The first-order valence-corrected chi connectivity index (χ1v) is 8.95. The summed E-state index contributed by atoms with van der Waals surface area (Å²) in [5.41, 5.74) is 5.90. The van der Waals surface area contributed by atoms with E-state index in [9.17, 15) is 0 Å². The largest absolute Gasteiger partial charge is 0.493 e. The van der Waals surface area contributed by atoms with Crippen LogP contribution in [0, 0.1) is 0 Å². The number of thiocarbonyl (C=S) groups is 1. The quantitative estimate of drug-likeness (QED) is 0.425. The van der Waals surface area contributed by atoms with Gasteiger partial charge in [-0.1, -0.05) is 26.0 Å². The second kappa shape index (κ2) is 9.77. The Bertz CT molecular complexity index is 758. The molecule has 26 heavy (non-hydrogen) atoms. The van der Waals surface area contributed by atoms with Gasteiger partial charge in [0.15, 0.2) is 16.6 Å². The van der Waals surface area contributed by atoms with Crippen molar-refractivity contribution in [1.29, 1.82) is 0 Å². The zero-order chi connectivity index (χ0) is 18.9. The highest BCUT2D eigenvalue weighted by Gasteiger charge is 2.04. The predicted molar refractivity (Wildman–Crippen MR) is 112 cm³/mol. The van der Waals surface area contributed by atoms with Gasteiger partial charge < -0.3 is 14.8 Å². The van der Waals surface area contributed by atoms with Crippen molar-refractivity contribution in [3.8, 4) is 11.5 Å². The Balaban J connectivity index is 1.92. The molecule has 0 aliphatic heterocycles. The number of benzene rings is 2. The first kappa shape index (κ1) is 19.7. The van der Waals surface area contributed by atoms with Crippen molar-refractivity contribution >= 4 is 29.2 Å². The number of hydrazone groups is 1. The average molecular weight is 372 g/mol. The smallest absolute Gasteiger partial charge is 0.191 e. The third-order valence-electron chi connectivity index (χ3n) is 3.70. The van der Waals surface area contributed by atoms with Crippen molar-refractivity contribution in [2.24, 2.45) is 5.10 Å². The Hall–Kier alpha value is -2.60. The van der Waals surface area contributed by atoms with Crippen LogP contribution in [0.15, 0.2) is 47.6 Å². The number of hydrogen-bond acceptors (Lipinski definition) is 4. The number of methoxy groups -OCH3 is 1. The highest BCUT2D eigenvalue weighted by Crippen LogP contribution is 2.27. The van der Waals surface area contributed by atoms with Crippen molar-refractivity contribution in [2.75, 3.05) is 19.0 Å². The van der Waals surface area contributed by atoms with E-state index in [0.29, 0.717) is 29.1 Å². The summed E-state index contributed by atoms with van der Waals surface area (Å²) < 4.78 is 10.8. The van der Waals surface area contributed by atoms with Crippen molar-refractivity contribution in [3.63, 3.8) is 0 Å². The second-order valence-corrected chi connectivity index (χ2v) is 6.35. The number of rotatable bonds is 7. The summed E-state index contributed by atoms with van der Waals surface area (Å²) >= 11 is 5.26. The third kappa shape index (κ3) is 5.74. The van der Waals surface area contributed by atoms with Gasteiger partial charge >= 0.3 is 0 Å². The molecule has 0 heterocycles. The number of hydrogen-bond donors (Lipinski definition) is 2. The summed E-state index contributed by atoms with van der Waals surface area (Å²) in [6, 6.07) is 13.8. The number of ether oxygens (including phenoxy) is 2. The molecule has 2 aromatic rings. The van der Waals surface area contributed by atoms with Crippen LogP contribution in [0.2, 0.25) is 0 Å². The van der Waals surface area contributed by atoms with Crippen molar-refractivity contribution in [2.45, 2.75) is 26.7 Å². The van der Waals surface area contributed by atoms with Gasteiger partial charge in [0, 0.05) is 5.69 Å². The fourth-order valence-electron chi connectivity index (χ4n) is 2.32. The summed E-state index contributed by atoms with van der Waals surface area (Å²) in [5, 5.41) is 7.69. The molecule has 2 N–H and O–H groups in total. The molecule has 0 aliphatic carbocycles. The minimum atomic E-state index is 0.427. The lowest BCUT2D eigenvalue weighted by Crippen LogP contribution is -2.23. The van der Waals surface area contributed by atoms with Crippen LogP contribution in [-0.4, -0.2) is 25.0 Å². The molecule has 0 atom stereocenters. The summed E-state index contributed by atoms with van der Waals surface area (Å²) in [6.45, 7) is 6.85. The minimum Gasteiger partial charge on any atom is -0.493 e. The first-order valence-electron chi connectivity index (χ1n) is 8.54. The van der Waals surface area contributed by atoms with Crippen LogP contribution in [0.5, 0.6) is 11.5 Å². The molecular formula is C20H25N3O2S. The first-order chi connectivity index (χ1) is 12.5. The van der Waals surface area contributed by atoms with E-state index in [1.54, 1.807) is 13.3 Å².